The van der Waals surface area contributed by atoms with Crippen LogP contribution in [0.25, 0.3) is 10.9 Å². The van der Waals surface area contributed by atoms with E-state index in [1.54, 1.807) is 4.68 Å². The molecule has 0 saturated heterocycles. The van der Waals surface area contributed by atoms with Crippen LogP contribution in [-0.4, -0.2) is 17.6 Å². The lowest BCUT2D eigenvalue weighted by atomic mass is 9.93. The summed E-state index contributed by atoms with van der Waals surface area (Å²) in [6.45, 7) is 0. The summed E-state index contributed by atoms with van der Waals surface area (Å²) >= 11 is 0. The fourth-order valence-corrected chi connectivity index (χ4v) is 1.18. The second-order valence-corrected chi connectivity index (χ2v) is 2.58. The fraction of sp³-hybridized carbons (Fsp3) is 0.125. The molecule has 0 aliphatic heterocycles. The van der Waals surface area contributed by atoms with Crippen LogP contribution in [0, 0.1) is 0 Å². The zero-order chi connectivity index (χ0) is 7.84. The Labute approximate surface area is 66.2 Å². The summed E-state index contributed by atoms with van der Waals surface area (Å²) in [5.74, 6) is 0. The third-order valence-corrected chi connectivity index (χ3v) is 1.70. The van der Waals surface area contributed by atoms with Crippen LogP contribution in [0.15, 0.2) is 24.4 Å². The molecule has 1 aromatic carbocycles. The molecule has 2 radical (unpaired) electrons. The first-order valence-corrected chi connectivity index (χ1v) is 3.45. The lowest BCUT2D eigenvalue weighted by molar-refractivity contribution is 0.780. The molecule has 0 spiro atoms. The molecule has 0 bridgehead atoms. The second kappa shape index (κ2) is 2.12. The van der Waals surface area contributed by atoms with Gasteiger partial charge in [0.1, 0.15) is 7.85 Å². The molecule has 11 heavy (non-hydrogen) atoms. The van der Waals surface area contributed by atoms with E-state index in [4.69, 9.17) is 7.85 Å². The molecule has 0 amide bonds. The van der Waals surface area contributed by atoms with Crippen LogP contribution in [0.5, 0.6) is 0 Å². The van der Waals surface area contributed by atoms with Crippen molar-refractivity contribution in [2.24, 2.45) is 7.05 Å². The Morgan fingerprint density at radius 3 is 3.00 bits per heavy atom. The second-order valence-electron chi connectivity index (χ2n) is 2.58. The molecule has 2 nitrogen and oxygen atoms in total. The Morgan fingerprint density at radius 2 is 2.27 bits per heavy atom. The quantitative estimate of drug-likeness (QED) is 0.485. The molecule has 2 aromatic rings. The molecular formula is C8H7BN2. The van der Waals surface area contributed by atoms with Gasteiger partial charge in [-0.05, 0) is 6.07 Å². The standard InChI is InChI=1S/C8H7BN2/c1-11-5-6-7(9)3-2-4-8(6)10-11/h2-5H,1H3. The molecule has 0 fully saturated rings. The van der Waals surface area contributed by atoms with Crippen molar-refractivity contribution in [2.45, 2.75) is 0 Å². The Morgan fingerprint density at radius 1 is 1.45 bits per heavy atom. The molecule has 2 rings (SSSR count). The van der Waals surface area contributed by atoms with Gasteiger partial charge in [0.2, 0.25) is 0 Å². The smallest absolute Gasteiger partial charge is 0.114 e. The Bertz CT molecular complexity index is 392. The molecule has 0 aliphatic rings. The van der Waals surface area contributed by atoms with Crippen molar-refractivity contribution in [2.75, 3.05) is 0 Å². The minimum atomic E-state index is 0.788. The highest BCUT2D eigenvalue weighted by atomic mass is 15.2. The molecule has 0 N–H and O–H groups in total. The van der Waals surface area contributed by atoms with Crippen molar-refractivity contribution in [3.8, 4) is 0 Å². The lowest BCUT2D eigenvalue weighted by Gasteiger charge is -1.90. The largest absolute Gasteiger partial charge is 0.275 e. The van der Waals surface area contributed by atoms with Crippen LogP contribution >= 0.6 is 0 Å². The van der Waals surface area contributed by atoms with E-state index >= 15 is 0 Å². The lowest BCUT2D eigenvalue weighted by Crippen LogP contribution is -2.00. The molecule has 0 saturated carbocycles. The minimum Gasteiger partial charge on any atom is -0.275 e. The average Bonchev–Trinajstić information content (AvgIpc) is 2.31. The monoisotopic (exact) mass is 142 g/mol. The molecule has 52 valence electrons. The van der Waals surface area contributed by atoms with E-state index in [0.29, 0.717) is 0 Å². The maximum Gasteiger partial charge on any atom is 0.114 e. The van der Waals surface area contributed by atoms with Gasteiger partial charge in [-0.2, -0.15) is 5.10 Å². The van der Waals surface area contributed by atoms with Crippen molar-refractivity contribution in [1.29, 1.82) is 0 Å². The highest BCUT2D eigenvalue weighted by molar-refractivity contribution is 6.38. The van der Waals surface area contributed by atoms with Crippen LogP contribution < -0.4 is 5.46 Å². The predicted molar refractivity (Wildman–Crippen MR) is 46.1 cm³/mol. The number of fused-ring (bicyclic) bond motifs is 1. The topological polar surface area (TPSA) is 17.8 Å². The van der Waals surface area contributed by atoms with E-state index in [2.05, 4.69) is 5.10 Å². The van der Waals surface area contributed by atoms with Gasteiger partial charge in [-0.15, -0.1) is 0 Å². The van der Waals surface area contributed by atoms with Gasteiger partial charge in [0.25, 0.3) is 0 Å². The van der Waals surface area contributed by atoms with E-state index in [1.165, 1.54) is 0 Å². The molecule has 1 aromatic heterocycles. The van der Waals surface area contributed by atoms with E-state index < -0.39 is 0 Å². The van der Waals surface area contributed by atoms with Gasteiger partial charge in [-0.3, -0.25) is 4.68 Å². The van der Waals surface area contributed by atoms with Gasteiger partial charge in [-0.25, -0.2) is 0 Å². The highest BCUT2D eigenvalue weighted by Crippen LogP contribution is 2.06. The molecule has 0 aliphatic carbocycles. The number of hydrogen-bond acceptors (Lipinski definition) is 1. The Kier molecular flexibility index (Phi) is 1.25. The first-order chi connectivity index (χ1) is 5.27. The summed E-state index contributed by atoms with van der Waals surface area (Å²) in [5.41, 5.74) is 1.74. The average molecular weight is 142 g/mol. The summed E-state index contributed by atoms with van der Waals surface area (Å²) in [7, 11) is 7.60. The van der Waals surface area contributed by atoms with E-state index in [-0.39, 0.29) is 0 Å². The Hall–Kier alpha value is -1.25. The molecule has 0 unspecified atom stereocenters. The first-order valence-electron chi connectivity index (χ1n) is 3.45. The van der Waals surface area contributed by atoms with Crippen LogP contribution in [0.1, 0.15) is 0 Å². The summed E-state index contributed by atoms with van der Waals surface area (Å²) in [6.07, 6.45) is 1.92. The third kappa shape index (κ3) is 0.927. The van der Waals surface area contributed by atoms with Crippen molar-refractivity contribution in [3.63, 3.8) is 0 Å². The number of aromatic nitrogens is 2. The number of aryl methyl sites for hydroxylation is 1. The zero-order valence-corrected chi connectivity index (χ0v) is 6.28. The van der Waals surface area contributed by atoms with E-state index in [0.717, 1.165) is 16.4 Å². The van der Waals surface area contributed by atoms with Crippen LogP contribution in [0.4, 0.5) is 0 Å². The van der Waals surface area contributed by atoms with Crippen LogP contribution in [0.2, 0.25) is 0 Å². The summed E-state index contributed by atoms with van der Waals surface area (Å²) in [5, 5.41) is 5.23. The van der Waals surface area contributed by atoms with Crippen molar-refractivity contribution < 1.29 is 0 Å². The van der Waals surface area contributed by atoms with Gasteiger partial charge >= 0.3 is 0 Å². The zero-order valence-electron chi connectivity index (χ0n) is 6.28. The van der Waals surface area contributed by atoms with E-state index in [9.17, 15) is 0 Å². The minimum absolute atomic E-state index is 0.788. The fourth-order valence-electron chi connectivity index (χ4n) is 1.18. The number of rotatable bonds is 0. The highest BCUT2D eigenvalue weighted by Gasteiger charge is 1.98. The van der Waals surface area contributed by atoms with E-state index in [1.807, 2.05) is 31.4 Å². The first kappa shape index (κ1) is 6.46. The van der Waals surface area contributed by atoms with Gasteiger partial charge in [0.15, 0.2) is 0 Å². The van der Waals surface area contributed by atoms with Crippen LogP contribution in [-0.2, 0) is 7.05 Å². The number of nitrogens with zero attached hydrogens (tertiary/aromatic N) is 2. The number of hydrogen-bond donors (Lipinski definition) is 0. The molecule has 0 atom stereocenters. The number of benzene rings is 1. The van der Waals surface area contributed by atoms with Crippen molar-refractivity contribution in [1.82, 2.24) is 9.78 Å². The van der Waals surface area contributed by atoms with Gasteiger partial charge < -0.3 is 0 Å². The summed E-state index contributed by atoms with van der Waals surface area (Å²) < 4.78 is 1.76. The van der Waals surface area contributed by atoms with Crippen LogP contribution in [0.3, 0.4) is 0 Å². The third-order valence-electron chi connectivity index (χ3n) is 1.70. The SMILES string of the molecule is [B]c1cccc2nn(C)cc12. The normalized spacial score (nSPS) is 10.6. The molecule has 1 heterocycles. The predicted octanol–water partition coefficient (Wildman–Crippen LogP) is 0.367. The summed E-state index contributed by atoms with van der Waals surface area (Å²) in [6, 6.07) is 5.74. The molecular weight excluding hydrogens is 135 g/mol. The maximum absolute atomic E-state index is 5.72. The molecule has 3 heteroatoms. The van der Waals surface area contributed by atoms with Crippen molar-refractivity contribution >= 4 is 24.2 Å². The maximum atomic E-state index is 5.72. The summed E-state index contributed by atoms with van der Waals surface area (Å²) in [4.78, 5) is 0. The van der Waals surface area contributed by atoms with Gasteiger partial charge in [0.05, 0.1) is 5.52 Å². The van der Waals surface area contributed by atoms with Crippen molar-refractivity contribution in [3.05, 3.63) is 24.4 Å². The van der Waals surface area contributed by atoms with Gasteiger partial charge in [0, 0.05) is 18.6 Å². The Balaban J connectivity index is 2.90. The van der Waals surface area contributed by atoms with Gasteiger partial charge in [-0.1, -0.05) is 17.6 Å².